The molecule has 3 aliphatic rings. The van der Waals surface area contributed by atoms with E-state index < -0.39 is 35.9 Å². The number of thioether (sulfide) groups is 1. The van der Waals surface area contributed by atoms with Crippen LogP contribution in [-0.2, 0) is 9.53 Å². The number of amides is 1. The summed E-state index contributed by atoms with van der Waals surface area (Å²) in [6.07, 6.45) is 2.83. The van der Waals surface area contributed by atoms with Crippen molar-refractivity contribution in [3.63, 3.8) is 0 Å². The van der Waals surface area contributed by atoms with Crippen molar-refractivity contribution in [3.05, 3.63) is 0 Å². The molecule has 6 N–H and O–H groups in total. The first-order valence-corrected chi connectivity index (χ1v) is 12.6. The topological polar surface area (TPSA) is 128 Å². The maximum Gasteiger partial charge on any atom is 0.237 e. The highest BCUT2D eigenvalue weighted by molar-refractivity contribution is 7.99. The number of aliphatic hydroxyl groups is 3. The molecule has 2 heterocycles. The molecule has 30 heavy (non-hydrogen) atoms. The van der Waals surface area contributed by atoms with Crippen molar-refractivity contribution in [3.8, 4) is 0 Å². The van der Waals surface area contributed by atoms with Gasteiger partial charge in [0.1, 0.15) is 29.9 Å². The zero-order chi connectivity index (χ0) is 22.0. The number of likely N-dealkylation sites (N-methyl/N-ethyl adjacent to an activating group) is 1. The average molecular weight is 446 g/mol. The fourth-order valence-electron chi connectivity index (χ4n) is 5.55. The highest BCUT2D eigenvalue weighted by Crippen LogP contribution is 2.36. The molecule has 0 aromatic heterocycles. The van der Waals surface area contributed by atoms with Gasteiger partial charge in [-0.3, -0.25) is 9.69 Å². The van der Waals surface area contributed by atoms with Gasteiger partial charge in [-0.2, -0.15) is 0 Å². The lowest BCUT2D eigenvalue weighted by Crippen LogP contribution is -2.66. The normalized spacial score (nSPS) is 43.6. The summed E-state index contributed by atoms with van der Waals surface area (Å²) in [6, 6.07) is -0.827. The molecule has 3 fully saturated rings. The van der Waals surface area contributed by atoms with Crippen LogP contribution in [-0.4, -0.2) is 94.0 Å². The summed E-state index contributed by atoms with van der Waals surface area (Å²) < 4.78 is 6.02. The van der Waals surface area contributed by atoms with Gasteiger partial charge in [-0.15, -0.1) is 11.8 Å². The molecule has 1 aliphatic carbocycles. The summed E-state index contributed by atoms with van der Waals surface area (Å²) in [5.41, 5.74) is 5.69. The second kappa shape index (κ2) is 10.5. The molecule has 0 aromatic rings. The number of rotatable bonds is 7. The molecule has 10 atom stereocenters. The quantitative estimate of drug-likeness (QED) is 0.367. The Morgan fingerprint density at radius 1 is 1.27 bits per heavy atom. The van der Waals surface area contributed by atoms with Gasteiger partial charge in [-0.05, 0) is 50.8 Å². The molecule has 0 bridgehead atoms. The van der Waals surface area contributed by atoms with Crippen LogP contribution in [0.3, 0.4) is 0 Å². The minimum absolute atomic E-state index is 0.0447. The summed E-state index contributed by atoms with van der Waals surface area (Å²) in [4.78, 5) is 15.4. The lowest BCUT2D eigenvalue weighted by atomic mass is 9.84. The molecule has 2 aliphatic heterocycles. The van der Waals surface area contributed by atoms with Crippen LogP contribution in [0, 0.1) is 11.8 Å². The number of hydrogen-bond acceptors (Lipinski definition) is 8. The third kappa shape index (κ3) is 4.98. The van der Waals surface area contributed by atoms with Crippen molar-refractivity contribution in [1.29, 1.82) is 0 Å². The van der Waals surface area contributed by atoms with Crippen LogP contribution in [0.1, 0.15) is 45.4 Å². The minimum atomic E-state index is -1.33. The lowest BCUT2D eigenvalue weighted by Gasteiger charge is -2.45. The van der Waals surface area contributed by atoms with Crippen LogP contribution >= 0.6 is 11.8 Å². The molecule has 1 amide bonds. The van der Waals surface area contributed by atoms with Crippen molar-refractivity contribution in [1.82, 2.24) is 10.2 Å². The number of hydrogen-bond donors (Lipinski definition) is 5. The molecular weight excluding hydrogens is 406 g/mol. The summed E-state index contributed by atoms with van der Waals surface area (Å²) in [6.45, 7) is 3.07. The van der Waals surface area contributed by atoms with Gasteiger partial charge < -0.3 is 31.1 Å². The first-order chi connectivity index (χ1) is 14.3. The summed E-state index contributed by atoms with van der Waals surface area (Å²) >= 11 is 1.28. The van der Waals surface area contributed by atoms with E-state index in [9.17, 15) is 20.1 Å². The smallest absolute Gasteiger partial charge is 0.237 e. The molecule has 1 saturated carbocycles. The number of ether oxygens (including phenoxy) is 1. The van der Waals surface area contributed by atoms with Crippen molar-refractivity contribution >= 4 is 17.7 Å². The Balaban J connectivity index is 1.78. The van der Waals surface area contributed by atoms with Gasteiger partial charge in [0.2, 0.25) is 5.91 Å². The third-order valence-corrected chi connectivity index (χ3v) is 8.08. The molecule has 8 nitrogen and oxygen atoms in total. The van der Waals surface area contributed by atoms with E-state index in [1.54, 1.807) is 6.26 Å². The summed E-state index contributed by atoms with van der Waals surface area (Å²) in [5, 5.41) is 34.5. The van der Waals surface area contributed by atoms with E-state index in [1.165, 1.54) is 11.8 Å². The molecule has 2 saturated heterocycles. The van der Waals surface area contributed by atoms with Crippen LogP contribution in [0.4, 0.5) is 0 Å². The second-order valence-electron chi connectivity index (χ2n) is 9.32. The lowest BCUT2D eigenvalue weighted by molar-refractivity contribution is -0.209. The third-order valence-electron chi connectivity index (χ3n) is 7.22. The zero-order valence-electron chi connectivity index (χ0n) is 18.3. The van der Waals surface area contributed by atoms with Crippen molar-refractivity contribution < 1.29 is 24.9 Å². The minimum Gasteiger partial charge on any atom is -0.388 e. The van der Waals surface area contributed by atoms with Crippen LogP contribution < -0.4 is 11.1 Å². The zero-order valence-corrected chi connectivity index (χ0v) is 19.1. The van der Waals surface area contributed by atoms with E-state index in [0.717, 1.165) is 45.1 Å². The van der Waals surface area contributed by atoms with Gasteiger partial charge in [0.05, 0.1) is 12.1 Å². The second-order valence-corrected chi connectivity index (χ2v) is 10.3. The molecule has 3 unspecified atom stereocenters. The van der Waals surface area contributed by atoms with Gasteiger partial charge in [0.15, 0.2) is 0 Å². The Hall–Kier alpha value is -0.420. The van der Waals surface area contributed by atoms with Crippen molar-refractivity contribution in [2.24, 2.45) is 17.6 Å². The van der Waals surface area contributed by atoms with E-state index >= 15 is 0 Å². The van der Waals surface area contributed by atoms with E-state index in [2.05, 4.69) is 17.1 Å². The van der Waals surface area contributed by atoms with E-state index in [0.29, 0.717) is 5.92 Å². The fourth-order valence-corrected chi connectivity index (χ4v) is 6.23. The number of nitrogens with zero attached hydrogens (tertiary/aromatic N) is 1. The van der Waals surface area contributed by atoms with Crippen molar-refractivity contribution in [2.75, 3.05) is 19.8 Å². The van der Waals surface area contributed by atoms with E-state index in [-0.39, 0.29) is 23.9 Å². The average Bonchev–Trinajstić information content (AvgIpc) is 3.30. The highest BCUT2D eigenvalue weighted by Gasteiger charge is 2.50. The number of aliphatic hydroxyl groups excluding tert-OH is 3. The SMILES string of the molecule is CCC[C@@H]1C[C@@H](C(=O)N[C@H]([C@@H]2CCCC2N)[C@H]2OC(SC)[C@H](O)[C@H](O)C2O)N(C)C1. The number of likely N-dealkylation sites (tertiary alicyclic amines) is 1. The Kier molecular flexibility index (Phi) is 8.45. The van der Waals surface area contributed by atoms with Gasteiger partial charge in [-0.1, -0.05) is 19.8 Å². The Morgan fingerprint density at radius 2 is 2.00 bits per heavy atom. The predicted octanol–water partition coefficient (Wildman–Crippen LogP) is -0.110. The number of carbonyl (C=O) groups excluding carboxylic acids is 1. The molecule has 3 rings (SSSR count). The van der Waals surface area contributed by atoms with Gasteiger partial charge in [0.25, 0.3) is 0 Å². The molecular formula is C21H39N3O5S. The molecule has 174 valence electrons. The molecule has 0 radical (unpaired) electrons. The maximum absolute atomic E-state index is 13.3. The first-order valence-electron chi connectivity index (χ1n) is 11.3. The Labute approximate surface area is 183 Å². The van der Waals surface area contributed by atoms with Crippen molar-refractivity contribution in [2.45, 2.75) is 93.4 Å². The first kappa shape index (κ1) is 24.2. The molecule has 9 heteroatoms. The monoisotopic (exact) mass is 445 g/mol. The number of carbonyl (C=O) groups is 1. The van der Waals surface area contributed by atoms with Crippen LogP contribution in [0.5, 0.6) is 0 Å². The Bertz CT molecular complexity index is 583. The number of nitrogens with two attached hydrogens (primary N) is 1. The Morgan fingerprint density at radius 3 is 2.60 bits per heavy atom. The fraction of sp³-hybridized carbons (Fsp3) is 0.952. The summed E-state index contributed by atoms with van der Waals surface area (Å²) in [7, 11) is 1.98. The standard InChI is InChI=1S/C21H39N3O5S/c1-4-6-11-9-14(24(2)10-11)20(28)23-15(12-7-5-8-13(12)22)19-17(26)16(25)18(27)21(29-19)30-3/h11-19,21,25-27H,4-10,22H2,1-3H3,(H,23,28)/t11-,12-,13?,14+,15-,16-,17?,18-,19-,21?/m1/s1. The van der Waals surface area contributed by atoms with Crippen LogP contribution in [0.15, 0.2) is 0 Å². The molecule has 0 spiro atoms. The molecule has 0 aromatic carbocycles. The maximum atomic E-state index is 13.3. The van der Waals surface area contributed by atoms with E-state index in [4.69, 9.17) is 10.5 Å². The van der Waals surface area contributed by atoms with Gasteiger partial charge >= 0.3 is 0 Å². The van der Waals surface area contributed by atoms with Gasteiger partial charge in [0, 0.05) is 12.6 Å². The largest absolute Gasteiger partial charge is 0.388 e. The number of nitrogens with one attached hydrogen (secondary N) is 1. The van der Waals surface area contributed by atoms with E-state index in [1.807, 2.05) is 7.05 Å². The van der Waals surface area contributed by atoms with Gasteiger partial charge in [-0.25, -0.2) is 0 Å². The summed E-state index contributed by atoms with van der Waals surface area (Å²) in [5.74, 6) is 0.395. The van der Waals surface area contributed by atoms with Crippen LogP contribution in [0.2, 0.25) is 0 Å². The van der Waals surface area contributed by atoms with Crippen LogP contribution in [0.25, 0.3) is 0 Å². The highest BCUT2D eigenvalue weighted by atomic mass is 32.2. The predicted molar refractivity (Wildman–Crippen MR) is 117 cm³/mol.